The van der Waals surface area contributed by atoms with Crippen molar-refractivity contribution in [3.05, 3.63) is 146 Å². The van der Waals surface area contributed by atoms with Crippen molar-refractivity contribution < 1.29 is 0 Å². The van der Waals surface area contributed by atoms with Crippen molar-refractivity contribution >= 4 is 85.4 Å². The maximum atomic E-state index is 2.41. The highest BCUT2D eigenvalue weighted by atomic mass is 32.1. The van der Waals surface area contributed by atoms with Crippen LogP contribution < -0.4 is 0 Å². The van der Waals surface area contributed by atoms with E-state index < -0.39 is 0 Å². The van der Waals surface area contributed by atoms with E-state index in [-0.39, 0.29) is 0 Å². The molecule has 0 N–H and O–H groups in total. The summed E-state index contributed by atoms with van der Waals surface area (Å²) in [5, 5.41) is 15.8. The van der Waals surface area contributed by atoms with Crippen LogP contribution in [0.3, 0.4) is 0 Å². The normalized spacial score (nSPS) is 12.2. The molecule has 0 bridgehead atoms. The van der Waals surface area contributed by atoms with Crippen molar-refractivity contribution in [3.8, 4) is 22.3 Å². The third kappa shape index (κ3) is 3.31. The zero-order chi connectivity index (χ0) is 28.1. The second kappa shape index (κ2) is 8.64. The fraction of sp³-hybridized carbons (Fsp3) is 0. The van der Waals surface area contributed by atoms with Crippen LogP contribution in [-0.4, -0.2) is 0 Å². The predicted molar refractivity (Wildman–Crippen MR) is 189 cm³/mol. The van der Waals surface area contributed by atoms with Gasteiger partial charge in [0, 0.05) is 20.2 Å². The van der Waals surface area contributed by atoms with Gasteiger partial charge in [0.15, 0.2) is 0 Å². The van der Waals surface area contributed by atoms with E-state index in [1.807, 2.05) is 11.3 Å². The van der Waals surface area contributed by atoms with Gasteiger partial charge in [-0.25, -0.2) is 0 Å². The Labute approximate surface area is 252 Å². The third-order valence-corrected chi connectivity index (χ3v) is 10.5. The van der Waals surface area contributed by atoms with Crippen LogP contribution in [0, 0.1) is 0 Å². The largest absolute Gasteiger partial charge is 0.135 e. The summed E-state index contributed by atoms with van der Waals surface area (Å²) in [6.07, 6.45) is 0. The molecular weight excluding hydrogens is 537 g/mol. The molecule has 198 valence electrons. The molecule has 0 atom stereocenters. The zero-order valence-electron chi connectivity index (χ0n) is 23.3. The number of rotatable bonds is 2. The Morgan fingerprint density at radius 3 is 1.74 bits per heavy atom. The Bertz CT molecular complexity index is 2730. The number of benzene rings is 9. The Balaban J connectivity index is 1.22. The van der Waals surface area contributed by atoms with Crippen LogP contribution in [0.5, 0.6) is 0 Å². The van der Waals surface area contributed by atoms with Gasteiger partial charge in [0.25, 0.3) is 0 Å². The van der Waals surface area contributed by atoms with Crippen molar-refractivity contribution in [2.24, 2.45) is 0 Å². The third-order valence-electron chi connectivity index (χ3n) is 9.37. The first kappa shape index (κ1) is 23.3. The Morgan fingerprint density at radius 2 is 0.907 bits per heavy atom. The summed E-state index contributed by atoms with van der Waals surface area (Å²) in [5.41, 5.74) is 5.10. The zero-order valence-corrected chi connectivity index (χ0v) is 24.1. The lowest BCUT2D eigenvalue weighted by Gasteiger charge is -2.14. The van der Waals surface area contributed by atoms with Gasteiger partial charge in [-0.05, 0) is 113 Å². The molecule has 0 radical (unpaired) electrons. The topological polar surface area (TPSA) is 0 Å². The maximum Gasteiger partial charge on any atom is 0.0361 e. The number of fused-ring (bicyclic) bond motifs is 6. The van der Waals surface area contributed by atoms with Gasteiger partial charge >= 0.3 is 0 Å². The van der Waals surface area contributed by atoms with Crippen molar-refractivity contribution in [3.63, 3.8) is 0 Å². The molecule has 0 saturated heterocycles. The Morgan fingerprint density at radius 1 is 0.302 bits per heavy atom. The van der Waals surface area contributed by atoms with Gasteiger partial charge in [0.2, 0.25) is 0 Å². The highest BCUT2D eigenvalue weighted by Crippen LogP contribution is 2.45. The van der Waals surface area contributed by atoms with Crippen LogP contribution >= 0.6 is 11.3 Å². The molecule has 43 heavy (non-hydrogen) atoms. The molecule has 0 nitrogen and oxygen atoms in total. The Hall–Kier alpha value is -5.24. The van der Waals surface area contributed by atoms with Crippen LogP contribution in [0.25, 0.3) is 96.3 Å². The summed E-state index contributed by atoms with van der Waals surface area (Å²) >= 11 is 1.90. The lowest BCUT2D eigenvalue weighted by Crippen LogP contribution is -1.87. The molecule has 0 aliphatic heterocycles. The van der Waals surface area contributed by atoms with Gasteiger partial charge in [-0.1, -0.05) is 109 Å². The molecule has 0 fully saturated rings. The fourth-order valence-corrected chi connectivity index (χ4v) is 8.56. The summed E-state index contributed by atoms with van der Waals surface area (Å²) in [4.78, 5) is 0. The molecule has 0 aliphatic rings. The molecule has 0 saturated carbocycles. The number of hydrogen-bond donors (Lipinski definition) is 0. The van der Waals surface area contributed by atoms with E-state index in [4.69, 9.17) is 0 Å². The maximum absolute atomic E-state index is 2.41. The molecule has 9 aromatic carbocycles. The van der Waals surface area contributed by atoms with Crippen molar-refractivity contribution in [2.45, 2.75) is 0 Å². The van der Waals surface area contributed by atoms with Crippen LogP contribution in [0.4, 0.5) is 0 Å². The van der Waals surface area contributed by atoms with Crippen LogP contribution in [0.15, 0.2) is 146 Å². The van der Waals surface area contributed by atoms with E-state index in [9.17, 15) is 0 Å². The molecule has 10 aromatic rings. The van der Waals surface area contributed by atoms with E-state index in [1.54, 1.807) is 0 Å². The highest BCUT2D eigenvalue weighted by molar-refractivity contribution is 7.26. The summed E-state index contributed by atoms with van der Waals surface area (Å²) in [6, 6.07) is 54.3. The van der Waals surface area contributed by atoms with Gasteiger partial charge in [0.05, 0.1) is 0 Å². The van der Waals surface area contributed by atoms with E-state index in [0.717, 1.165) is 0 Å². The quantitative estimate of drug-likeness (QED) is 0.184. The number of thiophene rings is 1. The molecule has 0 amide bonds. The second-order valence-electron chi connectivity index (χ2n) is 11.7. The van der Waals surface area contributed by atoms with E-state index in [1.165, 1.54) is 96.3 Å². The molecule has 1 heteroatoms. The van der Waals surface area contributed by atoms with Gasteiger partial charge in [-0.15, -0.1) is 11.3 Å². The first-order valence-corrected chi connectivity index (χ1v) is 15.7. The molecule has 10 rings (SSSR count). The average molecular weight is 561 g/mol. The monoisotopic (exact) mass is 560 g/mol. The van der Waals surface area contributed by atoms with Crippen LogP contribution in [-0.2, 0) is 0 Å². The fourth-order valence-electron chi connectivity index (χ4n) is 7.39. The van der Waals surface area contributed by atoms with E-state index >= 15 is 0 Å². The van der Waals surface area contributed by atoms with E-state index in [2.05, 4.69) is 146 Å². The lowest BCUT2D eigenvalue weighted by molar-refractivity contribution is 1.68. The van der Waals surface area contributed by atoms with Gasteiger partial charge in [-0.2, -0.15) is 0 Å². The minimum absolute atomic E-state index is 1.25. The number of hydrogen-bond acceptors (Lipinski definition) is 1. The molecule has 0 unspecified atom stereocenters. The summed E-state index contributed by atoms with van der Waals surface area (Å²) in [5.74, 6) is 0. The molecule has 1 aromatic heterocycles. The molecule has 0 spiro atoms. The predicted octanol–water partition coefficient (Wildman–Crippen LogP) is 12.6. The SMILES string of the molecule is c1ccc2c(c1)ccc1c3ccccc3c(-c3ccc4ccc(-c5cc6cccc7sc8cccc5c8c67)cc4c3)cc21. The first-order valence-electron chi connectivity index (χ1n) is 14.8. The van der Waals surface area contributed by atoms with Crippen LogP contribution in [0.2, 0.25) is 0 Å². The smallest absolute Gasteiger partial charge is 0.0361 e. The minimum atomic E-state index is 1.25. The van der Waals surface area contributed by atoms with Gasteiger partial charge < -0.3 is 0 Å². The highest BCUT2D eigenvalue weighted by Gasteiger charge is 2.16. The van der Waals surface area contributed by atoms with Gasteiger partial charge in [-0.3, -0.25) is 0 Å². The average Bonchev–Trinajstić information content (AvgIpc) is 3.46. The molecular formula is C42H24S. The summed E-state index contributed by atoms with van der Waals surface area (Å²) in [6.45, 7) is 0. The Kier molecular flexibility index (Phi) is 4.69. The first-order chi connectivity index (χ1) is 21.3. The lowest BCUT2D eigenvalue weighted by atomic mass is 9.89. The van der Waals surface area contributed by atoms with E-state index in [0.29, 0.717) is 0 Å². The standard InChI is InChI=1S/C42H24S/c1-2-9-31-26(7-1)19-20-34-32-10-3-4-11-33(32)37(24-38(31)34)28-18-16-25-15-17-27(21-30(25)22-28)36-23-29-8-5-13-39-41(29)42-35(36)12-6-14-40(42)43-39/h1-24H. The summed E-state index contributed by atoms with van der Waals surface area (Å²) < 4.78 is 2.73. The summed E-state index contributed by atoms with van der Waals surface area (Å²) in [7, 11) is 0. The molecule has 1 heterocycles. The van der Waals surface area contributed by atoms with Crippen molar-refractivity contribution in [1.29, 1.82) is 0 Å². The second-order valence-corrected chi connectivity index (χ2v) is 12.8. The van der Waals surface area contributed by atoms with Gasteiger partial charge in [0.1, 0.15) is 0 Å². The van der Waals surface area contributed by atoms with Crippen molar-refractivity contribution in [2.75, 3.05) is 0 Å². The van der Waals surface area contributed by atoms with Crippen molar-refractivity contribution in [1.82, 2.24) is 0 Å². The molecule has 0 aliphatic carbocycles. The van der Waals surface area contributed by atoms with Crippen LogP contribution in [0.1, 0.15) is 0 Å². The minimum Gasteiger partial charge on any atom is -0.135 e.